The molecule has 138 valence electrons. The minimum atomic E-state index is -0.150. The highest BCUT2D eigenvalue weighted by atomic mass is 16.1. The van der Waals surface area contributed by atoms with E-state index in [0.717, 1.165) is 30.0 Å². The summed E-state index contributed by atoms with van der Waals surface area (Å²) < 4.78 is 0. The van der Waals surface area contributed by atoms with E-state index in [1.165, 1.54) is 11.1 Å². The van der Waals surface area contributed by atoms with Crippen LogP contribution in [0.4, 0.5) is 11.4 Å². The third-order valence-electron chi connectivity index (χ3n) is 4.71. The van der Waals surface area contributed by atoms with Crippen LogP contribution in [-0.2, 0) is 6.54 Å². The van der Waals surface area contributed by atoms with E-state index >= 15 is 0 Å². The summed E-state index contributed by atoms with van der Waals surface area (Å²) in [7, 11) is 0. The summed E-state index contributed by atoms with van der Waals surface area (Å²) in [6, 6.07) is 18.1. The average Bonchev–Trinajstić information content (AvgIpc) is 2.70. The van der Waals surface area contributed by atoms with Gasteiger partial charge < -0.3 is 10.2 Å². The maximum absolute atomic E-state index is 12.7. The molecule has 3 rings (SSSR count). The van der Waals surface area contributed by atoms with E-state index < -0.39 is 0 Å². The Morgan fingerprint density at radius 3 is 2.48 bits per heavy atom. The fourth-order valence-electron chi connectivity index (χ4n) is 2.94. The zero-order valence-electron chi connectivity index (χ0n) is 16.1. The molecular weight excluding hydrogens is 334 g/mol. The Balaban J connectivity index is 1.77. The van der Waals surface area contributed by atoms with Crippen LogP contribution in [0, 0.1) is 13.8 Å². The van der Waals surface area contributed by atoms with Crippen molar-refractivity contribution in [3.05, 3.63) is 89.2 Å². The minimum Gasteiger partial charge on any atom is -0.366 e. The molecule has 0 spiro atoms. The van der Waals surface area contributed by atoms with Crippen LogP contribution >= 0.6 is 0 Å². The van der Waals surface area contributed by atoms with Gasteiger partial charge in [-0.05, 0) is 55.7 Å². The number of nitrogens with zero attached hydrogens (tertiary/aromatic N) is 2. The van der Waals surface area contributed by atoms with Gasteiger partial charge in [-0.15, -0.1) is 0 Å². The van der Waals surface area contributed by atoms with Gasteiger partial charge in [-0.3, -0.25) is 9.78 Å². The fraction of sp³-hybridized carbons (Fsp3) is 0.217. The standard InChI is InChI=1S/C23H25N3O/c1-4-26(16-19-8-6-5-7-9-19)22-13-20(14-24-15-22)23(27)25-21-11-10-17(2)18(3)12-21/h5-15H,4,16H2,1-3H3,(H,25,27). The fourth-order valence-corrected chi connectivity index (χ4v) is 2.94. The van der Waals surface area contributed by atoms with Crippen LogP contribution in [0.3, 0.4) is 0 Å². The predicted octanol–water partition coefficient (Wildman–Crippen LogP) is 4.98. The van der Waals surface area contributed by atoms with E-state index in [1.807, 2.05) is 49.4 Å². The lowest BCUT2D eigenvalue weighted by molar-refractivity contribution is 0.102. The van der Waals surface area contributed by atoms with Crippen molar-refractivity contribution in [3.8, 4) is 0 Å². The van der Waals surface area contributed by atoms with Gasteiger partial charge in [0.25, 0.3) is 5.91 Å². The second kappa shape index (κ2) is 8.49. The van der Waals surface area contributed by atoms with E-state index in [0.29, 0.717) is 5.56 Å². The van der Waals surface area contributed by atoms with Gasteiger partial charge in [0.15, 0.2) is 0 Å². The van der Waals surface area contributed by atoms with Crippen molar-refractivity contribution in [3.63, 3.8) is 0 Å². The number of rotatable bonds is 6. The van der Waals surface area contributed by atoms with Crippen LogP contribution in [0.1, 0.15) is 34.0 Å². The summed E-state index contributed by atoms with van der Waals surface area (Å²) >= 11 is 0. The third-order valence-corrected chi connectivity index (χ3v) is 4.71. The third kappa shape index (κ3) is 4.73. The van der Waals surface area contributed by atoms with Crippen molar-refractivity contribution >= 4 is 17.3 Å². The van der Waals surface area contributed by atoms with E-state index in [9.17, 15) is 4.79 Å². The number of pyridine rings is 1. The monoisotopic (exact) mass is 359 g/mol. The second-order valence-corrected chi connectivity index (χ2v) is 6.68. The molecule has 27 heavy (non-hydrogen) atoms. The van der Waals surface area contributed by atoms with Gasteiger partial charge in [0.2, 0.25) is 0 Å². The Hall–Kier alpha value is -3.14. The highest BCUT2D eigenvalue weighted by Crippen LogP contribution is 2.19. The van der Waals surface area contributed by atoms with Gasteiger partial charge in [0.05, 0.1) is 17.4 Å². The van der Waals surface area contributed by atoms with E-state index in [2.05, 4.69) is 41.2 Å². The van der Waals surface area contributed by atoms with Crippen LogP contribution in [-0.4, -0.2) is 17.4 Å². The molecule has 1 N–H and O–H groups in total. The smallest absolute Gasteiger partial charge is 0.257 e. The maximum atomic E-state index is 12.7. The molecule has 2 aromatic carbocycles. The number of benzene rings is 2. The second-order valence-electron chi connectivity index (χ2n) is 6.68. The number of hydrogen-bond donors (Lipinski definition) is 1. The molecule has 4 heteroatoms. The molecule has 0 fully saturated rings. The van der Waals surface area contributed by atoms with Crippen LogP contribution in [0.5, 0.6) is 0 Å². The lowest BCUT2D eigenvalue weighted by atomic mass is 10.1. The summed E-state index contributed by atoms with van der Waals surface area (Å²) in [6.45, 7) is 7.81. The number of aromatic nitrogens is 1. The highest BCUT2D eigenvalue weighted by molar-refractivity contribution is 6.04. The number of hydrogen-bond acceptors (Lipinski definition) is 3. The molecule has 0 radical (unpaired) electrons. The normalized spacial score (nSPS) is 10.5. The van der Waals surface area contributed by atoms with Crippen molar-refractivity contribution in [2.75, 3.05) is 16.8 Å². The molecule has 1 aromatic heterocycles. The van der Waals surface area contributed by atoms with Crippen LogP contribution in [0.25, 0.3) is 0 Å². The van der Waals surface area contributed by atoms with Crippen molar-refractivity contribution in [2.24, 2.45) is 0 Å². The minimum absolute atomic E-state index is 0.150. The number of carbonyl (C=O) groups excluding carboxylic acids is 1. The zero-order chi connectivity index (χ0) is 19.2. The maximum Gasteiger partial charge on any atom is 0.257 e. The molecule has 0 aliphatic carbocycles. The molecule has 0 saturated heterocycles. The first-order valence-electron chi connectivity index (χ1n) is 9.19. The molecule has 0 bridgehead atoms. The Labute approximate surface area is 160 Å². The summed E-state index contributed by atoms with van der Waals surface area (Å²) in [4.78, 5) is 19.2. The van der Waals surface area contributed by atoms with Crippen LogP contribution < -0.4 is 10.2 Å². The molecule has 0 saturated carbocycles. The van der Waals surface area contributed by atoms with E-state index in [1.54, 1.807) is 12.4 Å². The van der Waals surface area contributed by atoms with Crippen molar-refractivity contribution < 1.29 is 4.79 Å². The first-order valence-corrected chi connectivity index (χ1v) is 9.19. The van der Waals surface area contributed by atoms with Gasteiger partial charge in [-0.1, -0.05) is 36.4 Å². The van der Waals surface area contributed by atoms with Gasteiger partial charge >= 0.3 is 0 Å². The molecule has 3 aromatic rings. The topological polar surface area (TPSA) is 45.2 Å². The number of anilines is 2. The van der Waals surface area contributed by atoms with Crippen molar-refractivity contribution in [1.82, 2.24) is 4.98 Å². The van der Waals surface area contributed by atoms with Crippen molar-refractivity contribution in [1.29, 1.82) is 0 Å². The van der Waals surface area contributed by atoms with Gasteiger partial charge in [-0.25, -0.2) is 0 Å². The number of nitrogens with one attached hydrogen (secondary N) is 1. The lowest BCUT2D eigenvalue weighted by Gasteiger charge is -2.23. The predicted molar refractivity (Wildman–Crippen MR) is 111 cm³/mol. The van der Waals surface area contributed by atoms with Gasteiger partial charge in [0, 0.05) is 25.0 Å². The Morgan fingerprint density at radius 2 is 1.78 bits per heavy atom. The average molecular weight is 359 g/mol. The SMILES string of the molecule is CCN(Cc1ccccc1)c1cncc(C(=O)Nc2ccc(C)c(C)c2)c1. The van der Waals surface area contributed by atoms with Gasteiger partial charge in [-0.2, -0.15) is 0 Å². The number of carbonyl (C=O) groups is 1. The summed E-state index contributed by atoms with van der Waals surface area (Å²) in [5, 5.41) is 2.96. The number of aryl methyl sites for hydroxylation is 2. The molecule has 0 aliphatic rings. The molecule has 0 atom stereocenters. The number of amides is 1. The summed E-state index contributed by atoms with van der Waals surface area (Å²) in [6.07, 6.45) is 3.41. The molecule has 1 amide bonds. The van der Waals surface area contributed by atoms with E-state index in [4.69, 9.17) is 0 Å². The van der Waals surface area contributed by atoms with E-state index in [-0.39, 0.29) is 5.91 Å². The lowest BCUT2D eigenvalue weighted by Crippen LogP contribution is -2.23. The molecule has 0 unspecified atom stereocenters. The highest BCUT2D eigenvalue weighted by Gasteiger charge is 2.11. The molecular formula is C23H25N3O. The largest absolute Gasteiger partial charge is 0.366 e. The Bertz CT molecular complexity index is 922. The molecule has 1 heterocycles. The Kier molecular flexibility index (Phi) is 5.87. The first kappa shape index (κ1) is 18.6. The summed E-state index contributed by atoms with van der Waals surface area (Å²) in [5.74, 6) is -0.150. The molecule has 0 aliphatic heterocycles. The van der Waals surface area contributed by atoms with Crippen molar-refractivity contribution in [2.45, 2.75) is 27.3 Å². The first-order chi connectivity index (χ1) is 13.1. The zero-order valence-corrected chi connectivity index (χ0v) is 16.1. The summed E-state index contributed by atoms with van der Waals surface area (Å²) in [5.41, 5.74) is 5.87. The van der Waals surface area contributed by atoms with Gasteiger partial charge in [0.1, 0.15) is 0 Å². The van der Waals surface area contributed by atoms with Crippen LogP contribution in [0.2, 0.25) is 0 Å². The quantitative estimate of drug-likeness (QED) is 0.675. The van der Waals surface area contributed by atoms with Crippen LogP contribution in [0.15, 0.2) is 67.0 Å². The Morgan fingerprint density at radius 1 is 1.00 bits per heavy atom. The molecule has 4 nitrogen and oxygen atoms in total.